The maximum Gasteiger partial charge on any atom is 0.325 e. The lowest BCUT2D eigenvalue weighted by atomic mass is 9.94. The molecule has 0 atom stereocenters. The van der Waals surface area contributed by atoms with E-state index in [1.54, 1.807) is 4.90 Å². The maximum absolute atomic E-state index is 12.8. The molecule has 0 aromatic heterocycles. The van der Waals surface area contributed by atoms with Crippen molar-refractivity contribution in [3.8, 4) is 5.75 Å². The highest BCUT2D eigenvalue weighted by atomic mass is 16.5. The Balaban J connectivity index is 1.36. The van der Waals surface area contributed by atoms with Crippen LogP contribution < -0.4 is 15.4 Å². The number of benzene rings is 2. The average molecular weight is 592 g/mol. The number of fused-ring (bicyclic) bond motifs is 1. The molecule has 1 aliphatic heterocycles. The number of hydrogen-bond donors (Lipinski definition) is 2. The molecule has 0 bridgehead atoms. The predicted octanol–water partition coefficient (Wildman–Crippen LogP) is 5.28. The molecule has 1 aliphatic carbocycles. The van der Waals surface area contributed by atoms with Crippen LogP contribution >= 0.6 is 0 Å². The second-order valence-electron chi connectivity index (χ2n) is 12.3. The van der Waals surface area contributed by atoms with Gasteiger partial charge >= 0.3 is 12.0 Å². The number of ether oxygens (including phenoxy) is 2. The monoisotopic (exact) mass is 591 g/mol. The number of aliphatic imine (C=N–C) groups is 1. The van der Waals surface area contributed by atoms with Gasteiger partial charge in [0.15, 0.2) is 0 Å². The Kier molecular flexibility index (Phi) is 11.0. The Labute approximate surface area is 254 Å². The van der Waals surface area contributed by atoms with Gasteiger partial charge in [0.05, 0.1) is 12.3 Å². The van der Waals surface area contributed by atoms with E-state index in [1.807, 2.05) is 81.2 Å². The number of esters is 1. The van der Waals surface area contributed by atoms with Crippen LogP contribution in [0.5, 0.6) is 5.75 Å². The molecule has 2 aromatic carbocycles. The first-order chi connectivity index (χ1) is 20.6. The minimum absolute atomic E-state index is 0.0946. The number of rotatable bonds is 10. The van der Waals surface area contributed by atoms with Crippen molar-refractivity contribution < 1.29 is 23.9 Å². The second kappa shape index (κ2) is 14.9. The van der Waals surface area contributed by atoms with Gasteiger partial charge in [0.25, 0.3) is 0 Å². The number of nitrogens with zero attached hydrogens (tertiary/aromatic N) is 3. The maximum atomic E-state index is 12.8. The third kappa shape index (κ3) is 10.0. The normalized spacial score (nSPS) is 15.2. The van der Waals surface area contributed by atoms with Crippen molar-refractivity contribution in [3.63, 3.8) is 0 Å². The van der Waals surface area contributed by atoms with Gasteiger partial charge in [-0.05, 0) is 63.8 Å². The first-order valence-corrected chi connectivity index (χ1v) is 15.2. The zero-order valence-corrected chi connectivity index (χ0v) is 25.9. The van der Waals surface area contributed by atoms with Gasteiger partial charge in [-0.25, -0.2) is 9.79 Å². The standard InChI is InChI=1S/C33H45N5O5/c1-33(2,3)36-32(41)35-31-34-28-18-17-27(42-19-11-16-29(39)37(4)26-14-9-6-10-15-26)20-25(28)21-38(31)22-30(40)43-23-24-12-7-5-8-13-24/h5,7-8,12-13,17-18,20,26H,6,9-11,14-16,19,21-23H2,1-4H3,(H2,34,35,36,41). The first kappa shape index (κ1) is 31.8. The van der Waals surface area contributed by atoms with E-state index in [2.05, 4.69) is 15.6 Å². The van der Waals surface area contributed by atoms with Crippen molar-refractivity contribution in [3.05, 3.63) is 59.7 Å². The Bertz CT molecular complexity index is 1280. The summed E-state index contributed by atoms with van der Waals surface area (Å²) in [5.74, 6) is 0.657. The summed E-state index contributed by atoms with van der Waals surface area (Å²) < 4.78 is 11.5. The van der Waals surface area contributed by atoms with E-state index < -0.39 is 17.5 Å². The zero-order chi connectivity index (χ0) is 30.8. The molecule has 232 valence electrons. The van der Waals surface area contributed by atoms with Crippen LogP contribution in [0.2, 0.25) is 0 Å². The van der Waals surface area contributed by atoms with Gasteiger partial charge in [0.1, 0.15) is 18.9 Å². The molecular formula is C33H45N5O5. The summed E-state index contributed by atoms with van der Waals surface area (Å²) in [5.41, 5.74) is 1.97. The van der Waals surface area contributed by atoms with Crippen LogP contribution in [0.15, 0.2) is 53.5 Å². The molecule has 2 aliphatic rings. The van der Waals surface area contributed by atoms with Crippen molar-refractivity contribution in [2.24, 2.45) is 4.99 Å². The summed E-state index contributed by atoms with van der Waals surface area (Å²) in [4.78, 5) is 46.4. The van der Waals surface area contributed by atoms with E-state index in [0.717, 1.165) is 24.0 Å². The van der Waals surface area contributed by atoms with E-state index >= 15 is 0 Å². The molecule has 10 nitrogen and oxygen atoms in total. The van der Waals surface area contributed by atoms with Crippen LogP contribution in [0.25, 0.3) is 0 Å². The molecule has 43 heavy (non-hydrogen) atoms. The van der Waals surface area contributed by atoms with Crippen molar-refractivity contribution in [2.75, 3.05) is 20.2 Å². The Hall–Kier alpha value is -4.08. The highest BCUT2D eigenvalue weighted by Gasteiger charge is 2.26. The summed E-state index contributed by atoms with van der Waals surface area (Å²) in [6, 6.07) is 15.0. The highest BCUT2D eigenvalue weighted by molar-refractivity contribution is 5.99. The molecule has 0 unspecified atom stereocenters. The van der Waals surface area contributed by atoms with Crippen LogP contribution in [0, 0.1) is 0 Å². The van der Waals surface area contributed by atoms with Crippen LogP contribution in [0.1, 0.15) is 76.8 Å². The highest BCUT2D eigenvalue weighted by Crippen LogP contribution is 2.30. The summed E-state index contributed by atoms with van der Waals surface area (Å²) in [5, 5.41) is 5.66. The molecule has 0 saturated heterocycles. The molecule has 4 rings (SSSR count). The van der Waals surface area contributed by atoms with Crippen molar-refractivity contribution in [1.29, 1.82) is 0 Å². The Morgan fingerprint density at radius 2 is 1.79 bits per heavy atom. The fraction of sp³-hybridized carbons (Fsp3) is 0.515. The lowest BCUT2D eigenvalue weighted by Gasteiger charge is -2.31. The van der Waals surface area contributed by atoms with Gasteiger partial charge in [-0.1, -0.05) is 49.6 Å². The van der Waals surface area contributed by atoms with E-state index in [1.165, 1.54) is 19.3 Å². The molecule has 0 spiro atoms. The molecule has 10 heteroatoms. The number of guanidine groups is 1. The fourth-order valence-corrected chi connectivity index (χ4v) is 5.27. The fourth-order valence-electron chi connectivity index (χ4n) is 5.27. The van der Waals surface area contributed by atoms with Crippen LogP contribution in [-0.2, 0) is 27.5 Å². The number of nitrogens with one attached hydrogen (secondary N) is 2. The van der Waals surface area contributed by atoms with Crippen LogP contribution in [0.3, 0.4) is 0 Å². The van der Waals surface area contributed by atoms with Crippen LogP contribution in [-0.4, -0.2) is 65.4 Å². The number of urea groups is 1. The van der Waals surface area contributed by atoms with E-state index in [4.69, 9.17) is 9.47 Å². The summed E-state index contributed by atoms with van der Waals surface area (Å²) in [6.45, 7) is 6.46. The van der Waals surface area contributed by atoms with Crippen molar-refractivity contribution in [1.82, 2.24) is 20.4 Å². The van der Waals surface area contributed by atoms with Gasteiger partial charge in [0, 0.05) is 37.2 Å². The minimum atomic E-state index is -0.446. The molecule has 0 radical (unpaired) electrons. The van der Waals surface area contributed by atoms with Crippen molar-refractivity contribution >= 4 is 29.6 Å². The zero-order valence-electron chi connectivity index (χ0n) is 25.9. The third-order valence-corrected chi connectivity index (χ3v) is 7.53. The molecule has 2 N–H and O–H groups in total. The van der Waals surface area contributed by atoms with E-state index in [9.17, 15) is 14.4 Å². The van der Waals surface area contributed by atoms with Gasteiger partial charge in [-0.2, -0.15) is 0 Å². The third-order valence-electron chi connectivity index (χ3n) is 7.53. The summed E-state index contributed by atoms with van der Waals surface area (Å²) in [7, 11) is 1.92. The molecule has 3 amide bonds. The predicted molar refractivity (Wildman–Crippen MR) is 166 cm³/mol. The quantitative estimate of drug-likeness (QED) is 0.287. The van der Waals surface area contributed by atoms with Crippen LogP contribution in [0.4, 0.5) is 10.5 Å². The summed E-state index contributed by atoms with van der Waals surface area (Å²) >= 11 is 0. The van der Waals surface area contributed by atoms with Crippen molar-refractivity contribution in [2.45, 2.75) is 90.4 Å². The van der Waals surface area contributed by atoms with E-state index in [-0.39, 0.29) is 25.0 Å². The largest absolute Gasteiger partial charge is 0.494 e. The molecular weight excluding hydrogens is 546 g/mol. The first-order valence-electron chi connectivity index (χ1n) is 15.2. The Morgan fingerprint density at radius 1 is 1.05 bits per heavy atom. The number of amides is 3. The lowest BCUT2D eigenvalue weighted by Crippen LogP contribution is -2.53. The van der Waals surface area contributed by atoms with Gasteiger partial charge in [-0.15, -0.1) is 0 Å². The molecule has 1 fully saturated rings. The minimum Gasteiger partial charge on any atom is -0.494 e. The molecule has 1 saturated carbocycles. The van der Waals surface area contributed by atoms with Gasteiger partial charge in [-0.3, -0.25) is 14.9 Å². The smallest absolute Gasteiger partial charge is 0.325 e. The Morgan fingerprint density at radius 3 is 2.51 bits per heavy atom. The molecule has 2 aromatic rings. The van der Waals surface area contributed by atoms with Gasteiger partial charge in [0.2, 0.25) is 11.9 Å². The average Bonchev–Trinajstić information content (AvgIpc) is 2.98. The number of carbonyl (C=O) groups excluding carboxylic acids is 3. The summed E-state index contributed by atoms with van der Waals surface area (Å²) in [6.07, 6.45) is 6.92. The SMILES string of the molecule is CN(C(=O)CCCOc1ccc2c(c1)CN(CC(=O)OCc1ccccc1)C(NC(=O)NC(C)(C)C)=N2)C1CCCCC1. The topological polar surface area (TPSA) is 113 Å². The second-order valence-corrected chi connectivity index (χ2v) is 12.3. The van der Waals surface area contributed by atoms with E-state index in [0.29, 0.717) is 43.5 Å². The molecule has 1 heterocycles. The lowest BCUT2D eigenvalue weighted by molar-refractivity contribution is -0.145. The number of carbonyl (C=O) groups is 3. The number of hydrogen-bond acceptors (Lipinski definition) is 7. The van der Waals surface area contributed by atoms with Gasteiger partial charge < -0.3 is 24.6 Å².